The summed E-state index contributed by atoms with van der Waals surface area (Å²) in [6.07, 6.45) is 0. The Hall–Kier alpha value is -7.62. The predicted octanol–water partition coefficient (Wildman–Crippen LogP) is 16.3. The van der Waals surface area contributed by atoms with E-state index in [1.54, 1.807) is 0 Å². The Labute approximate surface area is 348 Å². The molecule has 0 saturated heterocycles. The number of benzene rings is 9. The van der Waals surface area contributed by atoms with Gasteiger partial charge in [-0.15, -0.1) is 0 Å². The van der Waals surface area contributed by atoms with Gasteiger partial charge in [0.2, 0.25) is 0 Å². The van der Waals surface area contributed by atoms with Crippen LogP contribution in [-0.4, -0.2) is 0 Å². The third-order valence-corrected chi connectivity index (χ3v) is 12.7. The molecule has 0 bridgehead atoms. The number of anilines is 3. The number of hydrogen-bond acceptors (Lipinski definition) is 3. The average Bonchev–Trinajstić information content (AvgIpc) is 3.93. The molecule has 2 heterocycles. The monoisotopic (exact) mass is 769 g/mol. The van der Waals surface area contributed by atoms with Gasteiger partial charge in [0.15, 0.2) is 5.58 Å². The van der Waals surface area contributed by atoms with E-state index in [4.69, 9.17) is 8.83 Å². The highest BCUT2D eigenvalue weighted by atomic mass is 16.3. The van der Waals surface area contributed by atoms with Gasteiger partial charge in [-0.1, -0.05) is 166 Å². The van der Waals surface area contributed by atoms with E-state index in [-0.39, 0.29) is 5.41 Å². The molecule has 0 atom stereocenters. The molecule has 1 aliphatic rings. The molecule has 0 aliphatic heterocycles. The highest BCUT2D eigenvalue weighted by molar-refractivity contribution is 6.19. The van der Waals surface area contributed by atoms with E-state index in [2.05, 4.69) is 219 Å². The lowest BCUT2D eigenvalue weighted by Gasteiger charge is -2.28. The molecule has 0 unspecified atom stereocenters. The Morgan fingerprint density at radius 2 is 0.933 bits per heavy atom. The third kappa shape index (κ3) is 5.29. The summed E-state index contributed by atoms with van der Waals surface area (Å²) in [6, 6.07) is 71.7. The average molecular weight is 770 g/mol. The zero-order valence-corrected chi connectivity index (χ0v) is 33.3. The number of fused-ring (bicyclic) bond motifs is 9. The quantitative estimate of drug-likeness (QED) is 0.169. The fraction of sp³-hybridized carbons (Fsp3) is 0.0526. The van der Waals surface area contributed by atoms with Gasteiger partial charge in [0.25, 0.3) is 0 Å². The molecular weight excluding hydrogens is 731 g/mol. The van der Waals surface area contributed by atoms with Crippen LogP contribution in [0.15, 0.2) is 209 Å². The van der Waals surface area contributed by atoms with Crippen molar-refractivity contribution in [3.63, 3.8) is 0 Å². The van der Waals surface area contributed by atoms with E-state index in [1.165, 1.54) is 38.9 Å². The minimum absolute atomic E-state index is 0.149. The van der Waals surface area contributed by atoms with Gasteiger partial charge in [-0.2, -0.15) is 0 Å². The van der Waals surface area contributed by atoms with Crippen molar-refractivity contribution in [1.82, 2.24) is 0 Å². The summed E-state index contributed by atoms with van der Waals surface area (Å²) in [5.41, 5.74) is 18.7. The first-order valence-corrected chi connectivity index (χ1v) is 20.7. The van der Waals surface area contributed by atoms with Gasteiger partial charge in [-0.05, 0) is 104 Å². The molecule has 11 aromatic rings. The molecule has 284 valence electrons. The number of nitrogens with zero attached hydrogens (tertiary/aromatic N) is 1. The molecule has 1 aliphatic carbocycles. The van der Waals surface area contributed by atoms with Crippen LogP contribution in [0.5, 0.6) is 0 Å². The summed E-state index contributed by atoms with van der Waals surface area (Å²) in [5.74, 6) is 0. The maximum absolute atomic E-state index is 7.02. The molecule has 0 N–H and O–H groups in total. The number of rotatable bonds is 6. The van der Waals surface area contributed by atoms with Crippen molar-refractivity contribution in [1.29, 1.82) is 0 Å². The van der Waals surface area contributed by atoms with E-state index in [9.17, 15) is 0 Å². The van der Waals surface area contributed by atoms with Gasteiger partial charge in [-0.25, -0.2) is 0 Å². The third-order valence-electron chi connectivity index (χ3n) is 12.7. The Morgan fingerprint density at radius 3 is 1.68 bits per heavy atom. The first kappa shape index (κ1) is 34.4. The Balaban J connectivity index is 1.02. The smallest absolute Gasteiger partial charge is 0.159 e. The minimum atomic E-state index is -0.149. The number of furan rings is 2. The predicted molar refractivity (Wildman–Crippen MR) is 250 cm³/mol. The highest BCUT2D eigenvalue weighted by Gasteiger charge is 2.36. The normalized spacial score (nSPS) is 13.0. The lowest BCUT2D eigenvalue weighted by molar-refractivity contribution is 0.660. The summed E-state index contributed by atoms with van der Waals surface area (Å²) >= 11 is 0. The van der Waals surface area contributed by atoms with Crippen LogP contribution in [0.25, 0.3) is 88.4 Å². The summed E-state index contributed by atoms with van der Waals surface area (Å²) in [7, 11) is 0. The van der Waals surface area contributed by atoms with E-state index in [0.29, 0.717) is 0 Å². The largest absolute Gasteiger partial charge is 0.456 e. The maximum atomic E-state index is 7.02. The summed E-state index contributed by atoms with van der Waals surface area (Å²) < 4.78 is 13.6. The van der Waals surface area contributed by atoms with Crippen LogP contribution in [-0.2, 0) is 5.41 Å². The molecule has 60 heavy (non-hydrogen) atoms. The van der Waals surface area contributed by atoms with Crippen LogP contribution in [0, 0.1) is 0 Å². The van der Waals surface area contributed by atoms with Crippen molar-refractivity contribution < 1.29 is 8.83 Å². The molecule has 0 radical (unpaired) electrons. The summed E-state index contributed by atoms with van der Waals surface area (Å²) in [5, 5.41) is 4.21. The lowest BCUT2D eigenvalue weighted by Crippen LogP contribution is -2.16. The Bertz CT molecular complexity index is 3430. The summed E-state index contributed by atoms with van der Waals surface area (Å²) in [6.45, 7) is 4.68. The van der Waals surface area contributed by atoms with Crippen LogP contribution in [0.3, 0.4) is 0 Å². The van der Waals surface area contributed by atoms with Gasteiger partial charge >= 0.3 is 0 Å². The van der Waals surface area contributed by atoms with E-state index in [1.807, 2.05) is 0 Å². The molecule has 3 nitrogen and oxygen atoms in total. The fourth-order valence-electron chi connectivity index (χ4n) is 9.68. The van der Waals surface area contributed by atoms with Gasteiger partial charge in [0, 0.05) is 38.3 Å². The van der Waals surface area contributed by atoms with Gasteiger partial charge in [-0.3, -0.25) is 0 Å². The zero-order valence-electron chi connectivity index (χ0n) is 33.3. The van der Waals surface area contributed by atoms with E-state index in [0.717, 1.165) is 77.6 Å². The fourth-order valence-corrected chi connectivity index (χ4v) is 9.68. The molecule has 0 amide bonds. The van der Waals surface area contributed by atoms with Crippen LogP contribution in [0.1, 0.15) is 25.0 Å². The molecule has 9 aromatic carbocycles. The molecule has 0 fully saturated rings. The van der Waals surface area contributed by atoms with Crippen LogP contribution in [0.2, 0.25) is 0 Å². The first-order valence-electron chi connectivity index (χ1n) is 20.7. The minimum Gasteiger partial charge on any atom is -0.456 e. The van der Waals surface area contributed by atoms with Crippen molar-refractivity contribution in [3.8, 4) is 44.5 Å². The van der Waals surface area contributed by atoms with Gasteiger partial charge in [0.1, 0.15) is 16.7 Å². The number of hydrogen-bond donors (Lipinski definition) is 0. The second-order valence-corrected chi connectivity index (χ2v) is 16.5. The highest BCUT2D eigenvalue weighted by Crippen LogP contribution is 2.52. The van der Waals surface area contributed by atoms with Crippen molar-refractivity contribution in [2.45, 2.75) is 19.3 Å². The molecule has 0 saturated carbocycles. The molecular formula is C57H39NO2. The maximum Gasteiger partial charge on any atom is 0.159 e. The molecule has 12 rings (SSSR count). The van der Waals surface area contributed by atoms with Crippen molar-refractivity contribution >= 4 is 60.9 Å². The first-order chi connectivity index (χ1) is 29.5. The zero-order chi connectivity index (χ0) is 40.0. The van der Waals surface area contributed by atoms with Crippen LogP contribution < -0.4 is 4.90 Å². The Kier molecular flexibility index (Phi) is 7.58. The van der Waals surface area contributed by atoms with Crippen molar-refractivity contribution in [2.24, 2.45) is 0 Å². The van der Waals surface area contributed by atoms with Crippen LogP contribution in [0.4, 0.5) is 17.1 Å². The topological polar surface area (TPSA) is 29.5 Å². The molecule has 3 heteroatoms. The van der Waals surface area contributed by atoms with Gasteiger partial charge < -0.3 is 13.7 Å². The lowest BCUT2D eigenvalue weighted by atomic mass is 9.82. The van der Waals surface area contributed by atoms with Crippen molar-refractivity contribution in [2.75, 3.05) is 4.90 Å². The van der Waals surface area contributed by atoms with Gasteiger partial charge in [0.05, 0.1) is 5.69 Å². The van der Waals surface area contributed by atoms with E-state index < -0.39 is 0 Å². The van der Waals surface area contributed by atoms with E-state index >= 15 is 0 Å². The standard InChI is InChI=1S/C57H39NO2/c1-57(2)49-20-10-9-17-44(49)45-32-31-42(33-50(45)57)58(41-29-27-39(28-30-41)38-25-23-37(24-26-38)36-13-5-3-6-14-36)51-21-11-19-46-47-34-54-48(35-53(47)60-56(46)51)55-43(18-12-22-52(55)59-54)40-15-7-4-8-16-40/h3-35H,1-2H3. The molecule has 2 aromatic heterocycles. The second-order valence-electron chi connectivity index (χ2n) is 16.5. The second kappa shape index (κ2) is 13.2. The Morgan fingerprint density at radius 1 is 0.367 bits per heavy atom. The summed E-state index contributed by atoms with van der Waals surface area (Å²) in [4.78, 5) is 2.36. The van der Waals surface area contributed by atoms with Crippen molar-refractivity contribution in [3.05, 3.63) is 211 Å². The number of para-hydroxylation sites is 1. The molecule has 0 spiro atoms. The van der Waals surface area contributed by atoms with Crippen LogP contribution >= 0.6 is 0 Å². The SMILES string of the molecule is CC1(C)c2ccccc2-c2ccc(N(c3ccc(-c4ccc(-c5ccccc5)cc4)cc3)c3cccc4c3oc3cc5c(cc34)oc3cccc(-c4ccccc4)c35)cc21.